The van der Waals surface area contributed by atoms with Crippen LogP contribution in [0.4, 0.5) is 5.95 Å². The first-order valence-corrected chi connectivity index (χ1v) is 11.0. The second-order valence-corrected chi connectivity index (χ2v) is 7.80. The van der Waals surface area contributed by atoms with Gasteiger partial charge in [0, 0.05) is 18.1 Å². The monoisotopic (exact) mass is 419 g/mol. The van der Waals surface area contributed by atoms with Crippen LogP contribution in [-0.4, -0.2) is 40.1 Å². The zero-order valence-electron chi connectivity index (χ0n) is 18.4. The quantitative estimate of drug-likeness (QED) is 0.631. The Bertz CT molecular complexity index is 1070. The number of amides is 1. The number of ether oxygens (including phenoxy) is 1. The van der Waals surface area contributed by atoms with Crippen molar-refractivity contribution in [2.24, 2.45) is 0 Å². The summed E-state index contributed by atoms with van der Waals surface area (Å²) in [5.41, 5.74) is 3.79. The third-order valence-corrected chi connectivity index (χ3v) is 5.71. The highest BCUT2D eigenvalue weighted by molar-refractivity contribution is 5.87. The number of hydrogen-bond donors (Lipinski definition) is 1. The summed E-state index contributed by atoms with van der Waals surface area (Å²) in [5, 5.41) is 4.01. The van der Waals surface area contributed by atoms with E-state index in [2.05, 4.69) is 23.3 Å². The number of carbonyl (C=O) groups excluding carboxylic acids is 1. The number of aromatic nitrogens is 3. The van der Waals surface area contributed by atoms with Crippen LogP contribution in [0.3, 0.4) is 0 Å². The molecule has 0 radical (unpaired) electrons. The Kier molecular flexibility index (Phi) is 6.30. The van der Waals surface area contributed by atoms with Crippen molar-refractivity contribution in [3.8, 4) is 5.75 Å². The maximum atomic E-state index is 12.9. The average Bonchev–Trinajstić information content (AvgIpc) is 3.28. The van der Waals surface area contributed by atoms with Crippen LogP contribution < -0.4 is 15.0 Å². The topological polar surface area (TPSA) is 80.2 Å². The molecule has 3 aromatic rings. The summed E-state index contributed by atoms with van der Waals surface area (Å²) in [6.45, 7) is 7.84. The van der Waals surface area contributed by atoms with E-state index in [-0.39, 0.29) is 11.9 Å². The summed E-state index contributed by atoms with van der Waals surface area (Å²) in [7, 11) is 0. The summed E-state index contributed by atoms with van der Waals surface area (Å²) in [4.78, 5) is 28.9. The molecule has 1 aliphatic heterocycles. The van der Waals surface area contributed by atoms with E-state index in [1.165, 1.54) is 5.56 Å². The summed E-state index contributed by atoms with van der Waals surface area (Å²) in [6.07, 6.45) is 4.55. The van der Waals surface area contributed by atoms with Crippen molar-refractivity contribution in [2.45, 2.75) is 52.6 Å². The van der Waals surface area contributed by atoms with Gasteiger partial charge in [-0.15, -0.1) is 0 Å². The van der Waals surface area contributed by atoms with Crippen LogP contribution in [0.25, 0.3) is 10.9 Å². The van der Waals surface area contributed by atoms with Crippen LogP contribution >= 0.6 is 0 Å². The fraction of sp³-hybridized carbons (Fsp3) is 0.417. The van der Waals surface area contributed by atoms with Crippen molar-refractivity contribution in [3.63, 3.8) is 0 Å². The largest absolute Gasteiger partial charge is 0.494 e. The van der Waals surface area contributed by atoms with Gasteiger partial charge in [-0.05, 0) is 62.9 Å². The highest BCUT2D eigenvalue weighted by atomic mass is 16.5. The highest BCUT2D eigenvalue weighted by Gasteiger charge is 2.32. The van der Waals surface area contributed by atoms with E-state index in [9.17, 15) is 4.79 Å². The number of rotatable bonds is 7. The van der Waals surface area contributed by atoms with Crippen molar-refractivity contribution in [1.82, 2.24) is 20.3 Å². The summed E-state index contributed by atoms with van der Waals surface area (Å²) < 4.78 is 5.60. The maximum absolute atomic E-state index is 12.9. The molecule has 1 saturated heterocycles. The molecule has 0 bridgehead atoms. The molecule has 0 saturated carbocycles. The van der Waals surface area contributed by atoms with Crippen molar-refractivity contribution >= 4 is 22.8 Å². The Labute approximate surface area is 182 Å². The van der Waals surface area contributed by atoms with Gasteiger partial charge in [-0.1, -0.05) is 13.0 Å². The lowest BCUT2D eigenvalue weighted by molar-refractivity contribution is -0.122. The van der Waals surface area contributed by atoms with E-state index in [1.54, 1.807) is 0 Å². The van der Waals surface area contributed by atoms with Gasteiger partial charge >= 0.3 is 0 Å². The number of carbonyl (C=O) groups is 1. The standard InChI is InChI=1S/C24H29N5O2/c1-4-17-8-9-18(25-14-17)15-26-23(30)22-7-6-12-29(22)24-27-16(3)20-13-19(31-5-2)10-11-21(20)28-24/h8-11,13-14,22H,4-7,12,15H2,1-3H3,(H,26,30). The highest BCUT2D eigenvalue weighted by Crippen LogP contribution is 2.28. The first kappa shape index (κ1) is 21.0. The van der Waals surface area contributed by atoms with E-state index in [4.69, 9.17) is 14.7 Å². The smallest absolute Gasteiger partial charge is 0.243 e. The van der Waals surface area contributed by atoms with Crippen LogP contribution in [0.15, 0.2) is 36.5 Å². The van der Waals surface area contributed by atoms with E-state index < -0.39 is 0 Å². The molecule has 1 fully saturated rings. The molecule has 3 heterocycles. The zero-order valence-corrected chi connectivity index (χ0v) is 18.4. The number of nitrogens with zero attached hydrogens (tertiary/aromatic N) is 4. The number of aryl methyl sites for hydroxylation is 2. The normalized spacial score (nSPS) is 16.0. The predicted octanol–water partition coefficient (Wildman–Crippen LogP) is 3.58. The van der Waals surface area contributed by atoms with Gasteiger partial charge in [-0.25, -0.2) is 9.97 Å². The van der Waals surface area contributed by atoms with Gasteiger partial charge in [-0.2, -0.15) is 0 Å². The molecule has 1 aromatic carbocycles. The van der Waals surface area contributed by atoms with Gasteiger partial charge < -0.3 is 15.0 Å². The fourth-order valence-electron chi connectivity index (χ4n) is 3.97. The van der Waals surface area contributed by atoms with Crippen molar-refractivity contribution in [3.05, 3.63) is 53.5 Å². The molecule has 1 atom stereocenters. The molecule has 1 unspecified atom stereocenters. The molecule has 4 rings (SSSR count). The van der Waals surface area contributed by atoms with E-state index >= 15 is 0 Å². The number of benzene rings is 1. The second kappa shape index (κ2) is 9.29. The number of fused-ring (bicyclic) bond motifs is 1. The molecule has 1 N–H and O–H groups in total. The van der Waals surface area contributed by atoms with Gasteiger partial charge in [-0.3, -0.25) is 9.78 Å². The lowest BCUT2D eigenvalue weighted by Crippen LogP contribution is -2.44. The SMILES string of the molecule is CCOc1ccc2nc(N3CCCC3C(=O)NCc3ccc(CC)cn3)nc(C)c2c1. The van der Waals surface area contributed by atoms with Crippen molar-refractivity contribution in [1.29, 1.82) is 0 Å². The minimum absolute atomic E-state index is 0.00749. The molecule has 0 spiro atoms. The van der Waals surface area contributed by atoms with Gasteiger partial charge in [0.2, 0.25) is 11.9 Å². The van der Waals surface area contributed by atoms with Crippen LogP contribution in [0.1, 0.15) is 43.6 Å². The van der Waals surface area contributed by atoms with Crippen LogP contribution in [0.2, 0.25) is 0 Å². The maximum Gasteiger partial charge on any atom is 0.243 e. The minimum Gasteiger partial charge on any atom is -0.494 e. The number of nitrogens with one attached hydrogen (secondary N) is 1. The molecule has 0 aliphatic carbocycles. The Balaban J connectivity index is 1.49. The Morgan fingerprint density at radius 3 is 2.84 bits per heavy atom. The van der Waals surface area contributed by atoms with Crippen LogP contribution in [0.5, 0.6) is 5.75 Å². The third kappa shape index (κ3) is 4.60. The Hall–Kier alpha value is -3.22. The summed E-state index contributed by atoms with van der Waals surface area (Å²) in [6, 6.07) is 9.61. The minimum atomic E-state index is -0.269. The summed E-state index contributed by atoms with van der Waals surface area (Å²) >= 11 is 0. The third-order valence-electron chi connectivity index (χ3n) is 5.71. The molecule has 7 heteroatoms. The molecule has 7 nitrogen and oxygen atoms in total. The van der Waals surface area contributed by atoms with Gasteiger partial charge in [0.15, 0.2) is 0 Å². The lowest BCUT2D eigenvalue weighted by Gasteiger charge is -2.24. The van der Waals surface area contributed by atoms with E-state index in [0.29, 0.717) is 19.1 Å². The first-order chi connectivity index (χ1) is 15.1. The predicted molar refractivity (Wildman–Crippen MR) is 121 cm³/mol. The van der Waals surface area contributed by atoms with Gasteiger partial charge in [0.1, 0.15) is 11.8 Å². The number of hydrogen-bond acceptors (Lipinski definition) is 6. The lowest BCUT2D eigenvalue weighted by atomic mass is 10.2. The molecule has 162 valence electrons. The molecule has 2 aromatic heterocycles. The van der Waals surface area contributed by atoms with Gasteiger partial charge in [0.05, 0.1) is 30.1 Å². The molecular weight excluding hydrogens is 390 g/mol. The fourth-order valence-corrected chi connectivity index (χ4v) is 3.97. The van der Waals surface area contributed by atoms with Crippen LogP contribution in [0, 0.1) is 6.92 Å². The average molecular weight is 420 g/mol. The molecule has 31 heavy (non-hydrogen) atoms. The van der Waals surface area contributed by atoms with Crippen molar-refractivity contribution in [2.75, 3.05) is 18.1 Å². The molecular formula is C24H29N5O2. The van der Waals surface area contributed by atoms with E-state index in [1.807, 2.05) is 49.2 Å². The van der Waals surface area contributed by atoms with Gasteiger partial charge in [0.25, 0.3) is 0 Å². The van der Waals surface area contributed by atoms with Crippen LogP contribution in [-0.2, 0) is 17.8 Å². The number of anilines is 1. The molecule has 1 amide bonds. The zero-order chi connectivity index (χ0) is 21.8. The van der Waals surface area contributed by atoms with E-state index in [0.717, 1.165) is 53.8 Å². The van der Waals surface area contributed by atoms with Crippen molar-refractivity contribution < 1.29 is 9.53 Å². The number of pyridine rings is 1. The first-order valence-electron chi connectivity index (χ1n) is 11.0. The summed E-state index contributed by atoms with van der Waals surface area (Å²) in [5.74, 6) is 1.41. The Morgan fingerprint density at radius 2 is 2.10 bits per heavy atom. The second-order valence-electron chi connectivity index (χ2n) is 7.80. The molecule has 1 aliphatic rings. The Morgan fingerprint density at radius 1 is 1.23 bits per heavy atom.